The summed E-state index contributed by atoms with van der Waals surface area (Å²) in [7, 11) is 0. The third kappa shape index (κ3) is 3.48. The van der Waals surface area contributed by atoms with Gasteiger partial charge in [0.25, 0.3) is 5.91 Å². The Kier molecular flexibility index (Phi) is 5.06. The number of aromatic nitrogens is 3. The van der Waals surface area contributed by atoms with Gasteiger partial charge in [-0.15, -0.1) is 16.4 Å². The molecule has 1 amide bonds. The highest BCUT2D eigenvalue weighted by Gasteiger charge is 2.17. The zero-order valence-electron chi connectivity index (χ0n) is 14.3. The number of amides is 1. The third-order valence-corrected chi connectivity index (χ3v) is 5.30. The maximum Gasteiger partial charge on any atom is 0.255 e. The van der Waals surface area contributed by atoms with Crippen molar-refractivity contribution in [2.75, 3.05) is 6.54 Å². The third-order valence-electron chi connectivity index (χ3n) is 4.12. The van der Waals surface area contributed by atoms with Crippen LogP contribution < -0.4 is 5.32 Å². The van der Waals surface area contributed by atoms with E-state index in [0.717, 1.165) is 5.69 Å². The number of carbonyl (C=O) groups excluding carboxylic acids is 1. The summed E-state index contributed by atoms with van der Waals surface area (Å²) in [4.78, 5) is 17.2. The minimum atomic E-state index is -0.672. The number of nitrogens with one attached hydrogen (secondary N) is 1. The van der Waals surface area contributed by atoms with Gasteiger partial charge in [0.15, 0.2) is 5.82 Å². The fourth-order valence-corrected chi connectivity index (χ4v) is 3.87. The molecule has 0 fully saturated rings. The van der Waals surface area contributed by atoms with E-state index >= 15 is 0 Å². The first-order chi connectivity index (χ1) is 13.5. The quantitative estimate of drug-likeness (QED) is 0.524. The smallest absolute Gasteiger partial charge is 0.255 e. The van der Waals surface area contributed by atoms with Crippen LogP contribution in [0.4, 0.5) is 8.78 Å². The molecule has 142 valence electrons. The van der Waals surface area contributed by atoms with Crippen molar-refractivity contribution in [3.05, 3.63) is 75.8 Å². The highest BCUT2D eigenvalue weighted by atomic mass is 35.5. The predicted molar refractivity (Wildman–Crippen MR) is 104 cm³/mol. The Morgan fingerprint density at radius 1 is 1.14 bits per heavy atom. The van der Waals surface area contributed by atoms with Gasteiger partial charge in [-0.3, -0.25) is 4.79 Å². The summed E-state index contributed by atoms with van der Waals surface area (Å²) in [6.45, 7) is 0.254. The van der Waals surface area contributed by atoms with Crippen LogP contribution in [0.1, 0.15) is 16.1 Å². The number of benzene rings is 2. The number of fused-ring (bicyclic) bond motifs is 1. The molecule has 2 heterocycles. The van der Waals surface area contributed by atoms with Crippen molar-refractivity contribution < 1.29 is 13.6 Å². The fourth-order valence-electron chi connectivity index (χ4n) is 2.76. The van der Waals surface area contributed by atoms with E-state index in [1.54, 1.807) is 22.7 Å². The van der Waals surface area contributed by atoms with E-state index in [1.807, 2.05) is 5.38 Å². The van der Waals surface area contributed by atoms with Crippen LogP contribution in [-0.4, -0.2) is 27.0 Å². The molecule has 0 bridgehead atoms. The molecule has 0 aliphatic rings. The Morgan fingerprint density at radius 2 is 1.93 bits per heavy atom. The summed E-state index contributed by atoms with van der Waals surface area (Å²) in [6, 6.07) is 10.4. The Bertz CT molecular complexity index is 1150. The van der Waals surface area contributed by atoms with Crippen LogP contribution in [0.3, 0.4) is 0 Å². The zero-order chi connectivity index (χ0) is 19.7. The topological polar surface area (TPSA) is 59.3 Å². The Labute approximate surface area is 167 Å². The summed E-state index contributed by atoms with van der Waals surface area (Å²) < 4.78 is 29.4. The highest BCUT2D eigenvalue weighted by Crippen LogP contribution is 2.23. The standard InChI is InChI=1S/C19H13ClF2N4OS/c20-13-5-3-7-15(22)16(13)18(27)23-9-8-11-10-28-19-24-17(25-26(11)19)12-4-1-2-6-14(12)21/h1-7,10H,8-9H2,(H,23,27). The average Bonchev–Trinajstić information content (AvgIpc) is 3.23. The first-order valence-electron chi connectivity index (χ1n) is 8.35. The van der Waals surface area contributed by atoms with Crippen LogP contribution in [0.25, 0.3) is 16.3 Å². The zero-order valence-corrected chi connectivity index (χ0v) is 15.9. The molecular formula is C19H13ClF2N4OS. The van der Waals surface area contributed by atoms with Gasteiger partial charge in [-0.1, -0.05) is 29.8 Å². The van der Waals surface area contributed by atoms with Crippen molar-refractivity contribution in [2.24, 2.45) is 0 Å². The molecule has 0 aliphatic heterocycles. The molecular weight excluding hydrogens is 406 g/mol. The molecule has 0 spiro atoms. The van der Waals surface area contributed by atoms with Gasteiger partial charge in [0.2, 0.25) is 4.96 Å². The van der Waals surface area contributed by atoms with E-state index in [9.17, 15) is 13.6 Å². The molecule has 0 saturated carbocycles. The van der Waals surface area contributed by atoms with Crippen molar-refractivity contribution in [1.82, 2.24) is 19.9 Å². The van der Waals surface area contributed by atoms with E-state index in [1.165, 1.54) is 35.6 Å². The van der Waals surface area contributed by atoms with Crippen LogP contribution >= 0.6 is 22.9 Å². The maximum absolute atomic E-state index is 14.0. The summed E-state index contributed by atoms with van der Waals surface area (Å²) in [5.74, 6) is -1.35. The van der Waals surface area contributed by atoms with Crippen molar-refractivity contribution in [3.63, 3.8) is 0 Å². The Morgan fingerprint density at radius 3 is 2.71 bits per heavy atom. The molecule has 28 heavy (non-hydrogen) atoms. The molecule has 0 saturated heterocycles. The molecule has 0 radical (unpaired) electrons. The second-order valence-corrected chi connectivity index (χ2v) is 7.18. The summed E-state index contributed by atoms with van der Waals surface area (Å²) >= 11 is 7.27. The lowest BCUT2D eigenvalue weighted by Gasteiger charge is -2.07. The predicted octanol–water partition coefficient (Wildman–Crippen LogP) is 4.36. The van der Waals surface area contributed by atoms with Gasteiger partial charge in [-0.2, -0.15) is 4.98 Å². The number of carbonyl (C=O) groups is 1. The summed E-state index contributed by atoms with van der Waals surface area (Å²) in [6.07, 6.45) is 0.442. The summed E-state index contributed by atoms with van der Waals surface area (Å²) in [5, 5.41) is 8.94. The SMILES string of the molecule is O=C(NCCc1csc2nc(-c3ccccc3F)nn12)c1c(F)cccc1Cl. The maximum atomic E-state index is 14.0. The number of halogens is 3. The normalized spacial score (nSPS) is 11.1. The van der Waals surface area contributed by atoms with Crippen molar-refractivity contribution in [1.29, 1.82) is 0 Å². The van der Waals surface area contributed by atoms with Gasteiger partial charge in [0.05, 0.1) is 21.8 Å². The first-order valence-corrected chi connectivity index (χ1v) is 9.60. The lowest BCUT2D eigenvalue weighted by Crippen LogP contribution is -2.27. The van der Waals surface area contributed by atoms with Crippen molar-refractivity contribution in [3.8, 4) is 11.4 Å². The van der Waals surface area contributed by atoms with Gasteiger partial charge in [0, 0.05) is 18.3 Å². The van der Waals surface area contributed by atoms with Crippen LogP contribution in [0.15, 0.2) is 47.8 Å². The Balaban J connectivity index is 1.48. The lowest BCUT2D eigenvalue weighted by atomic mass is 10.2. The lowest BCUT2D eigenvalue weighted by molar-refractivity contribution is 0.0950. The average molecular weight is 419 g/mol. The minimum Gasteiger partial charge on any atom is -0.352 e. The number of rotatable bonds is 5. The van der Waals surface area contributed by atoms with Crippen LogP contribution in [0, 0.1) is 11.6 Å². The summed E-state index contributed by atoms with van der Waals surface area (Å²) in [5.41, 5.74) is 0.948. The van der Waals surface area contributed by atoms with Crippen LogP contribution in [0.2, 0.25) is 5.02 Å². The van der Waals surface area contributed by atoms with E-state index in [4.69, 9.17) is 11.6 Å². The minimum absolute atomic E-state index is 0.0567. The van der Waals surface area contributed by atoms with Gasteiger partial charge in [0.1, 0.15) is 11.6 Å². The van der Waals surface area contributed by atoms with Crippen LogP contribution in [0.5, 0.6) is 0 Å². The van der Waals surface area contributed by atoms with Gasteiger partial charge < -0.3 is 5.32 Å². The molecule has 5 nitrogen and oxygen atoms in total. The largest absolute Gasteiger partial charge is 0.352 e. The van der Waals surface area contributed by atoms with Gasteiger partial charge in [-0.05, 0) is 24.3 Å². The molecule has 9 heteroatoms. The van der Waals surface area contributed by atoms with E-state index in [-0.39, 0.29) is 17.1 Å². The highest BCUT2D eigenvalue weighted by molar-refractivity contribution is 7.15. The molecule has 0 aliphatic carbocycles. The number of thiazole rings is 1. The number of hydrogen-bond acceptors (Lipinski definition) is 4. The van der Waals surface area contributed by atoms with Crippen molar-refractivity contribution in [2.45, 2.75) is 6.42 Å². The second kappa shape index (κ2) is 7.65. The molecule has 2 aromatic carbocycles. The second-order valence-electron chi connectivity index (χ2n) is 5.94. The molecule has 4 aromatic rings. The molecule has 0 atom stereocenters. The number of hydrogen-bond donors (Lipinski definition) is 1. The number of nitrogens with zero attached hydrogens (tertiary/aromatic N) is 3. The van der Waals surface area contributed by atoms with Gasteiger partial charge in [-0.25, -0.2) is 13.3 Å². The molecule has 2 aromatic heterocycles. The molecule has 4 rings (SSSR count). The van der Waals surface area contributed by atoms with Gasteiger partial charge >= 0.3 is 0 Å². The van der Waals surface area contributed by atoms with E-state index in [2.05, 4.69) is 15.4 Å². The van der Waals surface area contributed by atoms with Crippen molar-refractivity contribution >= 4 is 33.8 Å². The fraction of sp³-hybridized carbons (Fsp3) is 0.105. The van der Waals surface area contributed by atoms with E-state index in [0.29, 0.717) is 22.8 Å². The molecule has 0 unspecified atom stereocenters. The van der Waals surface area contributed by atoms with Crippen LogP contribution in [-0.2, 0) is 6.42 Å². The first kappa shape index (κ1) is 18.5. The monoisotopic (exact) mass is 418 g/mol. The Hall–Kier alpha value is -2.84. The van der Waals surface area contributed by atoms with E-state index < -0.39 is 17.5 Å². The molecule has 1 N–H and O–H groups in total.